The molecule has 2 fully saturated rings. The van der Waals surface area contributed by atoms with Crippen molar-refractivity contribution in [1.29, 1.82) is 0 Å². The first-order chi connectivity index (χ1) is 26.7. The van der Waals surface area contributed by atoms with Gasteiger partial charge in [0.15, 0.2) is 0 Å². The molecule has 2 nitrogen and oxygen atoms in total. The molecule has 0 radical (unpaired) electrons. The van der Waals surface area contributed by atoms with E-state index in [1.807, 2.05) is 5.57 Å². The maximum Gasteiger partial charge on any atom is 0.305 e. The molecule has 2 saturated carbocycles. The number of ether oxygens (including phenoxy) is 1. The summed E-state index contributed by atoms with van der Waals surface area (Å²) in [4.78, 5) is 13.0. The van der Waals surface area contributed by atoms with Gasteiger partial charge in [0.05, 0.1) is 7.11 Å². The molecule has 0 amide bonds. The summed E-state index contributed by atoms with van der Waals surface area (Å²) in [6, 6.07) is 21.9. The Morgan fingerprint density at radius 2 is 1.65 bits per heavy atom. The van der Waals surface area contributed by atoms with Gasteiger partial charge in [0.1, 0.15) is 0 Å². The van der Waals surface area contributed by atoms with Crippen LogP contribution in [0.1, 0.15) is 81.2 Å². The number of hydrogen-bond acceptors (Lipinski definition) is 2. The van der Waals surface area contributed by atoms with Crippen LogP contribution in [0.2, 0.25) is 0 Å². The molecule has 0 N–H and O–H groups in total. The van der Waals surface area contributed by atoms with E-state index < -0.39 is 0 Å². The van der Waals surface area contributed by atoms with Gasteiger partial charge in [-0.25, -0.2) is 0 Å². The van der Waals surface area contributed by atoms with E-state index in [0.717, 1.165) is 12.8 Å². The highest BCUT2D eigenvalue weighted by Crippen LogP contribution is 2.93. The quantitative estimate of drug-likeness (QED) is 0.138. The highest BCUT2D eigenvalue weighted by atomic mass is 16.5. The van der Waals surface area contributed by atoms with Gasteiger partial charge in [-0.1, -0.05) is 91.1 Å². The number of rotatable bonds is 5. The minimum atomic E-state index is -0.237. The number of benzene rings is 4. The van der Waals surface area contributed by atoms with E-state index >= 15 is 0 Å². The lowest BCUT2D eigenvalue weighted by molar-refractivity contribution is -0.140. The normalized spacial score (nSPS) is 36.4. The van der Waals surface area contributed by atoms with Crippen LogP contribution >= 0.6 is 0 Å². The third kappa shape index (κ3) is 1.80. The van der Waals surface area contributed by atoms with Crippen LogP contribution in [0.4, 0.5) is 0 Å². The maximum absolute atomic E-state index is 13.0. The van der Waals surface area contributed by atoms with E-state index in [4.69, 9.17) is 4.74 Å². The zero-order valence-corrected chi connectivity index (χ0v) is 29.6. The molecular formula is C52H30O2. The lowest BCUT2D eigenvalue weighted by Gasteiger charge is -2.39. The van der Waals surface area contributed by atoms with Crippen LogP contribution in [-0.4, -0.2) is 13.1 Å². The largest absolute Gasteiger partial charge is 0.469 e. The van der Waals surface area contributed by atoms with Crippen LogP contribution in [0, 0.1) is 23.7 Å². The van der Waals surface area contributed by atoms with E-state index in [0.29, 0.717) is 41.9 Å². The minimum Gasteiger partial charge on any atom is -0.469 e. The van der Waals surface area contributed by atoms with Gasteiger partial charge in [-0.15, -0.1) is 0 Å². The molecule has 9 unspecified atom stereocenters. The molecule has 0 aliphatic heterocycles. The fourth-order valence-corrected chi connectivity index (χ4v) is 17.8. The molecule has 6 aromatic rings. The van der Waals surface area contributed by atoms with Crippen molar-refractivity contribution < 1.29 is 9.53 Å². The first-order valence-corrected chi connectivity index (χ1v) is 20.5. The zero-order valence-electron chi connectivity index (χ0n) is 29.6. The van der Waals surface area contributed by atoms with Gasteiger partial charge in [0, 0.05) is 40.4 Å². The zero-order chi connectivity index (χ0) is 34.3. The van der Waals surface area contributed by atoms with Gasteiger partial charge >= 0.3 is 5.97 Å². The average molecular weight is 687 g/mol. The van der Waals surface area contributed by atoms with E-state index in [-0.39, 0.29) is 22.2 Å². The van der Waals surface area contributed by atoms with Crippen LogP contribution in [0.15, 0.2) is 90.6 Å². The summed E-state index contributed by atoms with van der Waals surface area (Å²) in [6.07, 6.45) is 17.9. The predicted molar refractivity (Wildman–Crippen MR) is 211 cm³/mol. The second-order valence-electron chi connectivity index (χ2n) is 18.9. The summed E-state index contributed by atoms with van der Waals surface area (Å²) in [6.45, 7) is 0. The minimum absolute atomic E-state index is 0.0964. The molecule has 2 spiro atoms. The average Bonchev–Trinajstić information content (AvgIpc) is 3.89. The second-order valence-corrected chi connectivity index (χ2v) is 18.9. The van der Waals surface area contributed by atoms with E-state index in [1.165, 1.54) is 38.1 Å². The van der Waals surface area contributed by atoms with Crippen molar-refractivity contribution in [2.24, 2.45) is 23.7 Å². The van der Waals surface area contributed by atoms with Crippen LogP contribution in [0.3, 0.4) is 0 Å². The number of hydrogen-bond donors (Lipinski definition) is 0. The van der Waals surface area contributed by atoms with Crippen LogP contribution < -0.4 is 15.7 Å². The summed E-state index contributed by atoms with van der Waals surface area (Å²) in [5, 5.41) is 14.2. The Morgan fingerprint density at radius 1 is 0.759 bits per heavy atom. The fourth-order valence-electron chi connectivity index (χ4n) is 17.8. The second kappa shape index (κ2) is 6.97. The van der Waals surface area contributed by atoms with E-state index in [2.05, 4.69) is 91.1 Å². The first kappa shape index (κ1) is 25.5. The molecule has 2 heteroatoms. The van der Waals surface area contributed by atoms with Gasteiger partial charge in [0.2, 0.25) is 0 Å². The molecule has 250 valence electrons. The first-order valence-electron chi connectivity index (χ1n) is 20.5. The molecule has 54 heavy (non-hydrogen) atoms. The fraction of sp³-hybridized carbons (Fsp3) is 0.250. The van der Waals surface area contributed by atoms with Crippen LogP contribution in [0.5, 0.6) is 0 Å². The van der Waals surface area contributed by atoms with Gasteiger partial charge in [-0.05, 0) is 157 Å². The van der Waals surface area contributed by atoms with E-state index in [1.54, 1.807) is 89.3 Å². The molecule has 0 bridgehead atoms. The standard InChI is InChI=1S/C52H30O2/c1-54-31(53)8-5-19-50(20-6-3-2-4-7-20)51-30-18-17-28-27-14-13-24-23-10-9-21-22-11-12-25-26-15-16-29(30)48-38(26)41-35(25)34(22)39-32(21)33(23)40-36(24)37(27)44(47(28)51)46-43(40)42(39)45(41)49(46)52(48,50)51/h2-4,6-7,9-18,21-23,32-34H,5,8,19H2,1H3. The van der Waals surface area contributed by atoms with Crippen molar-refractivity contribution >= 4 is 66.7 Å². The van der Waals surface area contributed by atoms with Crippen LogP contribution in [0.25, 0.3) is 60.7 Å². The van der Waals surface area contributed by atoms with Gasteiger partial charge in [0.25, 0.3) is 0 Å². The number of allylic oxidation sites excluding steroid dienone is 6. The van der Waals surface area contributed by atoms with Crippen molar-refractivity contribution in [3.8, 4) is 0 Å². The molecule has 9 atom stereocenters. The molecule has 18 rings (SSSR count). The summed E-state index contributed by atoms with van der Waals surface area (Å²) in [5.41, 5.74) is 21.9. The predicted octanol–water partition coefficient (Wildman–Crippen LogP) is 7.58. The van der Waals surface area contributed by atoms with Crippen molar-refractivity contribution in [3.05, 3.63) is 156 Å². The molecule has 0 heterocycles. The molecule has 0 saturated heterocycles. The van der Waals surface area contributed by atoms with Gasteiger partial charge in [-0.3, -0.25) is 4.79 Å². The number of methoxy groups -OCH3 is 1. The highest BCUT2D eigenvalue weighted by molar-refractivity contribution is 6.36. The van der Waals surface area contributed by atoms with Crippen LogP contribution in [-0.2, 0) is 25.8 Å². The SMILES string of the molecule is COC(=O)CCCC1(c2ccccc2)C23C4=c5ccc6c7c5C12c1c2c5c8c9c%10c(ccc%11c(c3c(c18)c%11%10)C=C4)C1C=CC3C4C=CC=6C(=C72)C4C=5C3C91. The summed E-state index contributed by atoms with van der Waals surface area (Å²) in [5.74, 6) is 3.02. The molecule has 6 aromatic carbocycles. The number of fused-ring (bicyclic) bond motifs is 3. The Balaban J connectivity index is 1.18. The highest BCUT2D eigenvalue weighted by Gasteiger charge is 2.94. The van der Waals surface area contributed by atoms with Gasteiger partial charge in [-0.2, -0.15) is 0 Å². The summed E-state index contributed by atoms with van der Waals surface area (Å²) < 4.78 is 5.31. The lowest BCUT2D eigenvalue weighted by Crippen LogP contribution is -2.38. The summed E-state index contributed by atoms with van der Waals surface area (Å²) in [7, 11) is 1.55. The van der Waals surface area contributed by atoms with Crippen molar-refractivity contribution in [1.82, 2.24) is 0 Å². The van der Waals surface area contributed by atoms with Crippen molar-refractivity contribution in [2.45, 2.75) is 47.3 Å². The summed E-state index contributed by atoms with van der Waals surface area (Å²) >= 11 is 0. The Hall–Kier alpha value is -5.47. The maximum atomic E-state index is 13.0. The topological polar surface area (TPSA) is 26.3 Å². The molecule has 12 aliphatic rings. The monoisotopic (exact) mass is 686 g/mol. The number of carbonyl (C=O) groups is 1. The Morgan fingerprint density at radius 3 is 2.56 bits per heavy atom. The van der Waals surface area contributed by atoms with Crippen molar-refractivity contribution in [3.63, 3.8) is 0 Å². The lowest BCUT2D eigenvalue weighted by atomic mass is 9.63. The Labute approximate surface area is 309 Å². The third-order valence-corrected chi connectivity index (χ3v) is 18.4. The number of esters is 1. The Kier molecular flexibility index (Phi) is 3.29. The Bertz CT molecular complexity index is 3510. The van der Waals surface area contributed by atoms with Crippen molar-refractivity contribution in [2.75, 3.05) is 7.11 Å². The number of carbonyl (C=O) groups excluding carboxylic acids is 1. The molecular weight excluding hydrogens is 657 g/mol. The van der Waals surface area contributed by atoms with Gasteiger partial charge < -0.3 is 4.74 Å². The molecule has 12 aliphatic carbocycles. The smallest absolute Gasteiger partial charge is 0.305 e. The molecule has 0 aromatic heterocycles. The third-order valence-electron chi connectivity index (χ3n) is 18.4. The van der Waals surface area contributed by atoms with E-state index in [9.17, 15) is 4.79 Å².